The Morgan fingerprint density at radius 3 is 2.56 bits per heavy atom. The number of nitrogens with zero attached hydrogens (tertiary/aromatic N) is 2. The van der Waals surface area contributed by atoms with Crippen LogP contribution in [-0.2, 0) is 15.9 Å². The first-order valence-electron chi connectivity index (χ1n) is 8.57. The van der Waals surface area contributed by atoms with Gasteiger partial charge in [0, 0.05) is 40.3 Å². The fraction of sp³-hybridized carbons (Fsp3) is 0.316. The predicted molar refractivity (Wildman–Crippen MR) is 96.9 cm³/mol. The first-order chi connectivity index (χ1) is 12.0. The van der Waals surface area contributed by atoms with Gasteiger partial charge in [0.2, 0.25) is 0 Å². The smallest absolute Gasteiger partial charge is 0.502 e. The number of hydrogen-bond donors (Lipinski definition) is 0. The molecule has 0 amide bonds. The summed E-state index contributed by atoms with van der Waals surface area (Å²) in [6.45, 7) is 7.85. The summed E-state index contributed by atoms with van der Waals surface area (Å²) in [7, 11) is 4.36. The Balaban J connectivity index is 1.62. The van der Waals surface area contributed by atoms with Crippen LogP contribution in [-0.4, -0.2) is 38.3 Å². The Morgan fingerprint density at radius 1 is 1.08 bits per heavy atom. The molecule has 0 aliphatic carbocycles. The van der Waals surface area contributed by atoms with Crippen molar-refractivity contribution >= 4 is 17.8 Å². The van der Waals surface area contributed by atoms with Gasteiger partial charge in [-0.05, 0) is 29.8 Å². The molecule has 1 unspecified atom stereocenters. The maximum Gasteiger partial charge on any atom is 0.502 e. The Labute approximate surface area is 148 Å². The molecular formula is C19H21BN2O3. The molecule has 128 valence electrons. The largest absolute Gasteiger partial charge is 0.509 e. The second-order valence-electron chi connectivity index (χ2n) is 7.28. The molecule has 0 aromatic heterocycles. The molecule has 1 spiro atoms. The Bertz CT molecular complexity index is 845. The second-order valence-corrected chi connectivity index (χ2v) is 7.28. The van der Waals surface area contributed by atoms with Crippen LogP contribution in [0.5, 0.6) is 11.5 Å². The lowest BCUT2D eigenvalue weighted by Crippen LogP contribution is -2.74. The van der Waals surface area contributed by atoms with E-state index in [1.165, 1.54) is 0 Å². The van der Waals surface area contributed by atoms with E-state index in [1.54, 1.807) is 12.1 Å². The van der Waals surface area contributed by atoms with Crippen molar-refractivity contribution in [2.24, 2.45) is 0 Å². The van der Waals surface area contributed by atoms with Gasteiger partial charge in [-0.1, -0.05) is 23.7 Å². The highest BCUT2D eigenvalue weighted by Crippen LogP contribution is 2.33. The Hall–Kier alpha value is -2.33. The van der Waals surface area contributed by atoms with Crippen molar-refractivity contribution in [1.29, 1.82) is 0 Å². The monoisotopic (exact) mass is 336 g/mol. The minimum Gasteiger partial charge on any atom is -0.509 e. The van der Waals surface area contributed by atoms with Crippen molar-refractivity contribution in [2.75, 3.05) is 27.2 Å². The van der Waals surface area contributed by atoms with Crippen molar-refractivity contribution < 1.29 is 18.4 Å². The Kier molecular flexibility index (Phi) is 3.80. The quantitative estimate of drug-likeness (QED) is 0.624. The van der Waals surface area contributed by atoms with Gasteiger partial charge in [0.25, 0.3) is 0 Å². The van der Waals surface area contributed by atoms with Gasteiger partial charge in [-0.15, -0.1) is 0 Å². The molecule has 25 heavy (non-hydrogen) atoms. The van der Waals surface area contributed by atoms with Crippen LogP contribution in [0.2, 0.25) is 0 Å². The van der Waals surface area contributed by atoms with Crippen LogP contribution in [0, 0.1) is 6.57 Å². The zero-order valence-corrected chi connectivity index (χ0v) is 14.6. The van der Waals surface area contributed by atoms with Crippen LogP contribution in [0.1, 0.15) is 12.0 Å². The van der Waals surface area contributed by atoms with E-state index in [-0.39, 0.29) is 0 Å². The fourth-order valence-electron chi connectivity index (χ4n) is 3.95. The molecule has 0 N–H and O–H groups in total. The third-order valence-electron chi connectivity index (χ3n) is 5.32. The zero-order valence-electron chi connectivity index (χ0n) is 14.6. The predicted octanol–water partition coefficient (Wildman–Crippen LogP) is 3.20. The molecule has 2 aromatic rings. The SMILES string of the molecule is [C-]#[N+]c1ccc(Oc2ccc3c(c2)CO[B-]32OCCC[N+]2(C)C)cc1. The summed E-state index contributed by atoms with van der Waals surface area (Å²) in [5.41, 5.74) is 2.89. The molecule has 5 nitrogen and oxygen atoms in total. The van der Waals surface area contributed by atoms with Crippen LogP contribution in [0.3, 0.4) is 0 Å². The van der Waals surface area contributed by atoms with Crippen LogP contribution in [0.25, 0.3) is 4.85 Å². The van der Waals surface area contributed by atoms with Gasteiger partial charge in [0.1, 0.15) is 11.5 Å². The van der Waals surface area contributed by atoms with E-state index in [0.29, 0.717) is 12.3 Å². The summed E-state index contributed by atoms with van der Waals surface area (Å²) in [6.07, 6.45) is 1.05. The minimum atomic E-state index is -1.49. The second kappa shape index (κ2) is 5.89. The lowest BCUT2D eigenvalue weighted by Gasteiger charge is -2.55. The molecule has 6 heteroatoms. The van der Waals surface area contributed by atoms with Crippen LogP contribution in [0.4, 0.5) is 5.69 Å². The summed E-state index contributed by atoms with van der Waals surface area (Å²) in [5.74, 6) is 1.49. The van der Waals surface area contributed by atoms with Crippen LogP contribution in [0.15, 0.2) is 42.5 Å². The normalized spacial score (nSPS) is 23.9. The van der Waals surface area contributed by atoms with Gasteiger partial charge in [-0.25, -0.2) is 4.85 Å². The average molecular weight is 336 g/mol. The molecule has 0 saturated carbocycles. The van der Waals surface area contributed by atoms with Crippen LogP contribution < -0.4 is 10.2 Å². The van der Waals surface area contributed by atoms with Gasteiger partial charge in [-0.2, -0.15) is 0 Å². The summed E-state index contributed by atoms with van der Waals surface area (Å²) < 4.78 is 19.1. The maximum atomic E-state index is 7.00. The van der Waals surface area contributed by atoms with E-state index in [0.717, 1.165) is 46.5 Å². The van der Waals surface area contributed by atoms with Crippen molar-refractivity contribution in [3.63, 3.8) is 0 Å². The minimum absolute atomic E-state index is 0.547. The molecule has 2 aromatic carbocycles. The average Bonchev–Trinajstić information content (AvgIpc) is 2.98. The highest BCUT2D eigenvalue weighted by molar-refractivity contribution is 6.76. The Morgan fingerprint density at radius 2 is 1.84 bits per heavy atom. The van der Waals surface area contributed by atoms with Gasteiger partial charge < -0.3 is 18.4 Å². The molecule has 0 bridgehead atoms. The number of ether oxygens (including phenoxy) is 1. The molecule has 4 rings (SSSR count). The molecule has 1 atom stereocenters. The van der Waals surface area contributed by atoms with E-state index in [1.807, 2.05) is 24.3 Å². The number of quaternary nitrogens is 1. The van der Waals surface area contributed by atoms with E-state index >= 15 is 0 Å². The highest BCUT2D eigenvalue weighted by Gasteiger charge is 2.53. The summed E-state index contributed by atoms with van der Waals surface area (Å²) >= 11 is 0. The summed E-state index contributed by atoms with van der Waals surface area (Å²) in [5, 5.41) is 0. The molecule has 2 heterocycles. The number of rotatable bonds is 2. The van der Waals surface area contributed by atoms with Crippen molar-refractivity contribution in [1.82, 2.24) is 0 Å². The molecule has 1 fully saturated rings. The van der Waals surface area contributed by atoms with Crippen molar-refractivity contribution in [3.05, 3.63) is 59.4 Å². The van der Waals surface area contributed by atoms with E-state index in [2.05, 4.69) is 25.0 Å². The number of benzene rings is 2. The topological polar surface area (TPSA) is 32.0 Å². The van der Waals surface area contributed by atoms with Gasteiger partial charge in [0.05, 0.1) is 6.57 Å². The maximum absolute atomic E-state index is 7.00. The lowest BCUT2D eigenvalue weighted by atomic mass is 9.59. The van der Waals surface area contributed by atoms with E-state index < -0.39 is 6.69 Å². The zero-order chi connectivity index (χ0) is 17.5. The van der Waals surface area contributed by atoms with E-state index in [9.17, 15) is 0 Å². The molecule has 2 aliphatic heterocycles. The fourth-order valence-corrected chi connectivity index (χ4v) is 3.95. The molecular weight excluding hydrogens is 315 g/mol. The van der Waals surface area contributed by atoms with Gasteiger partial charge in [0.15, 0.2) is 5.69 Å². The van der Waals surface area contributed by atoms with Gasteiger partial charge in [-0.3, -0.25) is 0 Å². The summed E-state index contributed by atoms with van der Waals surface area (Å²) in [4.78, 5) is 3.39. The lowest BCUT2D eigenvalue weighted by molar-refractivity contribution is -0.812. The summed E-state index contributed by atoms with van der Waals surface area (Å²) in [6, 6.07) is 13.2. The van der Waals surface area contributed by atoms with Crippen molar-refractivity contribution in [2.45, 2.75) is 13.0 Å². The third kappa shape index (κ3) is 2.61. The first-order valence-corrected chi connectivity index (χ1v) is 8.57. The standard InChI is InChI=1S/C19H21BN2O3/c1-21-16-5-7-17(8-6-16)25-18-9-10-19-15(13-18)14-24-20(19)22(2,3)11-4-12-23-20/h5-10,13H,4,11-12,14H2,2-3H3. The molecule has 2 aliphatic rings. The van der Waals surface area contributed by atoms with Crippen LogP contribution >= 0.6 is 0 Å². The number of fused-ring (bicyclic) bond motifs is 2. The molecule has 0 radical (unpaired) electrons. The number of hydrogen-bond acceptors (Lipinski definition) is 3. The van der Waals surface area contributed by atoms with Crippen molar-refractivity contribution in [3.8, 4) is 11.5 Å². The third-order valence-corrected chi connectivity index (χ3v) is 5.32. The first kappa shape index (κ1) is 16.2. The van der Waals surface area contributed by atoms with E-state index in [4.69, 9.17) is 20.6 Å². The van der Waals surface area contributed by atoms with Gasteiger partial charge >= 0.3 is 6.69 Å². The molecule has 1 saturated heterocycles. The highest BCUT2D eigenvalue weighted by atomic mass is 16.6.